The second-order valence-corrected chi connectivity index (χ2v) is 8.82. The number of amides is 1. The molecule has 3 aromatic rings. The minimum Gasteiger partial charge on any atom is -0.496 e. The predicted octanol–water partition coefficient (Wildman–Crippen LogP) is 5.80. The molecule has 3 rings (SSSR count). The first-order chi connectivity index (χ1) is 17.1. The number of alkyl halides is 3. The number of nitrogens with zero attached hydrogens (tertiary/aromatic N) is 1. The summed E-state index contributed by atoms with van der Waals surface area (Å²) in [5.74, 6) is -1.65. The van der Waals surface area contributed by atoms with Crippen LogP contribution in [0.25, 0.3) is 11.1 Å². The highest BCUT2D eigenvalue weighted by Crippen LogP contribution is 2.34. The van der Waals surface area contributed by atoms with E-state index in [0.29, 0.717) is 16.7 Å². The van der Waals surface area contributed by atoms with Crippen LogP contribution in [0.15, 0.2) is 59.8 Å². The second kappa shape index (κ2) is 11.9. The molecule has 2 N–H and O–H groups in total. The number of benzene rings is 2. The number of aromatic nitrogens is 1. The van der Waals surface area contributed by atoms with Crippen LogP contribution in [0.2, 0.25) is 0 Å². The highest BCUT2D eigenvalue weighted by atomic mass is 32.2. The van der Waals surface area contributed by atoms with Gasteiger partial charge in [-0.2, -0.15) is 13.2 Å². The van der Waals surface area contributed by atoms with E-state index in [9.17, 15) is 27.2 Å². The van der Waals surface area contributed by atoms with Gasteiger partial charge >= 0.3 is 12.1 Å². The van der Waals surface area contributed by atoms with Crippen molar-refractivity contribution in [2.24, 2.45) is 0 Å². The average molecular weight is 523 g/mol. The molecule has 0 bridgehead atoms. The third-order valence-corrected chi connectivity index (χ3v) is 6.16. The normalized spacial score (nSPS) is 11.2. The Kier molecular flexibility index (Phi) is 8.92. The van der Waals surface area contributed by atoms with Crippen LogP contribution in [0.4, 0.5) is 17.6 Å². The van der Waals surface area contributed by atoms with Gasteiger partial charge in [-0.1, -0.05) is 0 Å². The van der Waals surface area contributed by atoms with Crippen molar-refractivity contribution in [2.45, 2.75) is 30.5 Å². The van der Waals surface area contributed by atoms with E-state index in [1.54, 1.807) is 6.07 Å². The second-order valence-electron chi connectivity index (χ2n) is 7.65. The number of carboxylic acids is 1. The lowest BCUT2D eigenvalue weighted by molar-refractivity contribution is -0.138. The van der Waals surface area contributed by atoms with Crippen molar-refractivity contribution < 1.29 is 37.0 Å². The van der Waals surface area contributed by atoms with Crippen LogP contribution in [0.5, 0.6) is 5.75 Å². The summed E-state index contributed by atoms with van der Waals surface area (Å²) in [4.78, 5) is 27.7. The van der Waals surface area contributed by atoms with Gasteiger partial charge in [0.05, 0.1) is 12.7 Å². The number of hydrogen-bond donors (Lipinski definition) is 2. The molecular formula is C25H22F4N2O4S. The monoisotopic (exact) mass is 522 g/mol. The summed E-state index contributed by atoms with van der Waals surface area (Å²) in [7, 11) is 1.39. The number of aliphatic carboxylic acids is 1. The number of carbonyl (C=O) groups excluding carboxylic acids is 1. The summed E-state index contributed by atoms with van der Waals surface area (Å²) in [6.45, 7) is -0.0557. The fourth-order valence-corrected chi connectivity index (χ4v) is 4.33. The molecule has 0 fully saturated rings. The van der Waals surface area contributed by atoms with Gasteiger partial charge in [0.1, 0.15) is 11.6 Å². The van der Waals surface area contributed by atoms with Crippen LogP contribution in [-0.2, 0) is 17.5 Å². The molecule has 11 heteroatoms. The molecule has 0 aliphatic rings. The number of ether oxygens (including phenoxy) is 1. The molecule has 36 heavy (non-hydrogen) atoms. The van der Waals surface area contributed by atoms with Crippen molar-refractivity contribution in [1.82, 2.24) is 10.3 Å². The number of carboxylic acid groups (broad SMARTS) is 1. The Labute approximate surface area is 208 Å². The molecule has 0 unspecified atom stereocenters. The van der Waals surface area contributed by atoms with Crippen LogP contribution in [0, 0.1) is 5.82 Å². The first-order valence-corrected chi connectivity index (χ1v) is 11.7. The summed E-state index contributed by atoms with van der Waals surface area (Å²) in [6.07, 6.45) is -1.49. The number of carbonyl (C=O) groups is 2. The maximum absolute atomic E-state index is 13.6. The molecule has 1 amide bonds. The first kappa shape index (κ1) is 27.0. The molecule has 0 saturated carbocycles. The van der Waals surface area contributed by atoms with E-state index in [1.165, 1.54) is 43.8 Å². The molecule has 190 valence electrons. The summed E-state index contributed by atoms with van der Waals surface area (Å²) < 4.78 is 59.2. The minimum absolute atomic E-state index is 0.0557. The van der Waals surface area contributed by atoms with Crippen molar-refractivity contribution >= 4 is 23.6 Å². The van der Waals surface area contributed by atoms with Crippen LogP contribution in [-0.4, -0.2) is 34.8 Å². The van der Waals surface area contributed by atoms with E-state index in [0.717, 1.165) is 23.9 Å². The number of nitrogens with one attached hydrogen (secondary N) is 1. The van der Waals surface area contributed by atoms with E-state index >= 15 is 0 Å². The molecule has 0 spiro atoms. The Balaban J connectivity index is 1.81. The molecule has 1 aromatic heterocycles. The highest BCUT2D eigenvalue weighted by Gasteiger charge is 2.32. The van der Waals surface area contributed by atoms with Gasteiger partial charge in [-0.25, -0.2) is 4.39 Å². The number of halogens is 4. The molecular weight excluding hydrogens is 500 g/mol. The fourth-order valence-electron chi connectivity index (χ4n) is 3.39. The zero-order chi connectivity index (χ0) is 26.3. The zero-order valence-electron chi connectivity index (χ0n) is 19.1. The Morgan fingerprint density at radius 3 is 2.58 bits per heavy atom. The van der Waals surface area contributed by atoms with E-state index in [2.05, 4.69) is 10.3 Å². The van der Waals surface area contributed by atoms with Gasteiger partial charge in [-0.3, -0.25) is 14.6 Å². The quantitative estimate of drug-likeness (QED) is 0.199. The zero-order valence-corrected chi connectivity index (χ0v) is 19.9. The standard InChI is InChI=1S/C25H22F4N2O4S/c1-35-22-12-18(26)4-5-21(22)20-6-7-30-13-16(20)14-31-24(34)15-9-17(25(27,28)29)11-19(10-15)36-8-2-3-23(32)33/h4-7,9-13H,2-3,8,14H2,1H3,(H,31,34)(H,32,33). The predicted molar refractivity (Wildman–Crippen MR) is 126 cm³/mol. The van der Waals surface area contributed by atoms with E-state index in [1.807, 2.05) is 0 Å². The van der Waals surface area contributed by atoms with Gasteiger partial charge in [0.25, 0.3) is 5.91 Å². The average Bonchev–Trinajstić information content (AvgIpc) is 2.84. The number of pyridine rings is 1. The van der Waals surface area contributed by atoms with Crippen LogP contribution in [0.3, 0.4) is 0 Å². The summed E-state index contributed by atoms with van der Waals surface area (Å²) in [6, 6.07) is 8.70. The van der Waals surface area contributed by atoms with Gasteiger partial charge in [0.15, 0.2) is 0 Å². The lowest BCUT2D eigenvalue weighted by Gasteiger charge is -2.15. The third kappa shape index (κ3) is 7.20. The maximum Gasteiger partial charge on any atom is 0.416 e. The number of methoxy groups -OCH3 is 1. The third-order valence-electron chi connectivity index (χ3n) is 5.10. The minimum atomic E-state index is -4.66. The van der Waals surface area contributed by atoms with E-state index in [-0.39, 0.29) is 41.3 Å². The Morgan fingerprint density at radius 1 is 1.11 bits per heavy atom. The lowest BCUT2D eigenvalue weighted by atomic mass is 10.0. The summed E-state index contributed by atoms with van der Waals surface area (Å²) >= 11 is 1.05. The molecule has 6 nitrogen and oxygen atoms in total. The van der Waals surface area contributed by atoms with Crippen LogP contribution in [0.1, 0.15) is 34.3 Å². The smallest absolute Gasteiger partial charge is 0.416 e. The molecule has 0 atom stereocenters. The largest absolute Gasteiger partial charge is 0.496 e. The summed E-state index contributed by atoms with van der Waals surface area (Å²) in [5.41, 5.74) is 0.556. The van der Waals surface area contributed by atoms with Crippen molar-refractivity contribution in [3.8, 4) is 16.9 Å². The Hall–Kier alpha value is -3.60. The van der Waals surface area contributed by atoms with Gasteiger partial charge < -0.3 is 15.2 Å². The molecule has 2 aromatic carbocycles. The molecule has 0 radical (unpaired) electrons. The van der Waals surface area contributed by atoms with Crippen LogP contribution < -0.4 is 10.1 Å². The topological polar surface area (TPSA) is 88.5 Å². The number of rotatable bonds is 10. The Morgan fingerprint density at radius 2 is 1.89 bits per heavy atom. The van der Waals surface area contributed by atoms with E-state index < -0.39 is 29.4 Å². The highest BCUT2D eigenvalue weighted by molar-refractivity contribution is 7.99. The molecule has 0 aliphatic carbocycles. The number of thioether (sulfide) groups is 1. The van der Waals surface area contributed by atoms with Crippen molar-refractivity contribution in [3.05, 3.63) is 77.4 Å². The lowest BCUT2D eigenvalue weighted by Crippen LogP contribution is -2.24. The van der Waals surface area contributed by atoms with Gasteiger partial charge in [0, 0.05) is 47.4 Å². The van der Waals surface area contributed by atoms with Crippen molar-refractivity contribution in [2.75, 3.05) is 12.9 Å². The fraction of sp³-hybridized carbons (Fsp3) is 0.240. The molecule has 1 heterocycles. The number of hydrogen-bond acceptors (Lipinski definition) is 5. The first-order valence-electron chi connectivity index (χ1n) is 10.7. The molecule has 0 saturated heterocycles. The Bertz CT molecular complexity index is 1250. The summed E-state index contributed by atoms with van der Waals surface area (Å²) in [5, 5.41) is 11.3. The SMILES string of the molecule is COc1cc(F)ccc1-c1ccncc1CNC(=O)c1cc(SCCCC(=O)O)cc(C(F)(F)F)c1. The van der Waals surface area contributed by atoms with Gasteiger partial charge in [-0.15, -0.1) is 11.8 Å². The van der Waals surface area contributed by atoms with Crippen LogP contribution >= 0.6 is 11.8 Å². The van der Waals surface area contributed by atoms with E-state index in [4.69, 9.17) is 9.84 Å². The van der Waals surface area contributed by atoms with Gasteiger partial charge in [0.2, 0.25) is 0 Å². The molecule has 0 aliphatic heterocycles. The maximum atomic E-state index is 13.6. The van der Waals surface area contributed by atoms with Crippen molar-refractivity contribution in [1.29, 1.82) is 0 Å². The van der Waals surface area contributed by atoms with Crippen molar-refractivity contribution in [3.63, 3.8) is 0 Å². The van der Waals surface area contributed by atoms with Gasteiger partial charge in [-0.05, 0) is 59.7 Å².